The van der Waals surface area contributed by atoms with Gasteiger partial charge in [-0.15, -0.1) is 0 Å². The van der Waals surface area contributed by atoms with Crippen LogP contribution in [0.5, 0.6) is 0 Å². The highest BCUT2D eigenvalue weighted by Crippen LogP contribution is 2.22. The van der Waals surface area contributed by atoms with Crippen LogP contribution in [-0.4, -0.2) is 0 Å². The van der Waals surface area contributed by atoms with Gasteiger partial charge in [0.15, 0.2) is 0 Å². The topological polar surface area (TPSA) is 0 Å². The molecule has 3 unspecified atom stereocenters. The smallest absolute Gasteiger partial charge is 0.0438 e. The van der Waals surface area contributed by atoms with E-state index in [9.17, 15) is 0 Å². The fraction of sp³-hybridized carbons (Fsp3) is 0.917. The molecule has 0 rings (SSSR count). The van der Waals surface area contributed by atoms with Crippen molar-refractivity contribution in [2.24, 2.45) is 17.8 Å². The van der Waals surface area contributed by atoms with Gasteiger partial charge in [-0.2, -0.15) is 0 Å². The zero-order valence-corrected chi connectivity index (χ0v) is 9.27. The van der Waals surface area contributed by atoms with Crippen LogP contribution in [0.1, 0.15) is 53.4 Å². The van der Waals surface area contributed by atoms with E-state index in [1.165, 1.54) is 19.3 Å². The van der Waals surface area contributed by atoms with E-state index in [4.69, 9.17) is 0 Å². The summed E-state index contributed by atoms with van der Waals surface area (Å²) >= 11 is 0. The Hall–Kier alpha value is 0. The lowest BCUT2D eigenvalue weighted by atomic mass is 9.88. The van der Waals surface area contributed by atoms with Crippen LogP contribution >= 0.6 is 0 Å². The van der Waals surface area contributed by atoms with Gasteiger partial charge in [-0.25, -0.2) is 0 Å². The van der Waals surface area contributed by atoms with Crippen molar-refractivity contribution < 1.29 is 0 Å². The largest absolute Gasteiger partial charge is 0.0651 e. The summed E-state index contributed by atoms with van der Waals surface area (Å²) in [4.78, 5) is 0. The molecule has 1 radical (unpaired) electrons. The summed E-state index contributed by atoms with van der Waals surface area (Å²) in [6.07, 6.45) is 5.16. The summed E-state index contributed by atoms with van der Waals surface area (Å²) in [5.74, 6) is 2.60. The average molecular weight is 169 g/mol. The van der Waals surface area contributed by atoms with Crippen LogP contribution < -0.4 is 0 Å². The van der Waals surface area contributed by atoms with Crippen LogP contribution in [0.25, 0.3) is 0 Å². The number of rotatable bonds is 6. The van der Waals surface area contributed by atoms with Crippen LogP contribution in [0.3, 0.4) is 0 Å². The minimum Gasteiger partial charge on any atom is -0.0651 e. The van der Waals surface area contributed by atoms with Crippen molar-refractivity contribution in [1.82, 2.24) is 0 Å². The Morgan fingerprint density at radius 2 is 1.42 bits per heavy atom. The van der Waals surface area contributed by atoms with Crippen molar-refractivity contribution in [3.05, 3.63) is 6.92 Å². The fourth-order valence-corrected chi connectivity index (χ4v) is 1.75. The fourth-order valence-electron chi connectivity index (χ4n) is 1.75. The van der Waals surface area contributed by atoms with Crippen LogP contribution in [-0.2, 0) is 0 Å². The second kappa shape index (κ2) is 6.51. The predicted molar refractivity (Wildman–Crippen MR) is 57.0 cm³/mol. The highest BCUT2D eigenvalue weighted by atomic mass is 14.2. The van der Waals surface area contributed by atoms with Crippen molar-refractivity contribution in [2.45, 2.75) is 53.4 Å². The molecule has 0 fully saturated rings. The van der Waals surface area contributed by atoms with Crippen LogP contribution in [0.15, 0.2) is 0 Å². The zero-order chi connectivity index (χ0) is 9.56. The second-order valence-corrected chi connectivity index (χ2v) is 4.48. The minimum atomic E-state index is 0.809. The SMILES string of the molecule is [CH2]CC(C)CC(C)CC(C)CC. The quantitative estimate of drug-likeness (QED) is 0.556. The summed E-state index contributed by atoms with van der Waals surface area (Å²) in [6, 6.07) is 0. The maximum absolute atomic E-state index is 3.94. The van der Waals surface area contributed by atoms with Crippen molar-refractivity contribution in [2.75, 3.05) is 0 Å². The number of hydrogen-bond acceptors (Lipinski definition) is 0. The standard InChI is InChI=1S/C12H25/c1-6-10(3)8-12(5)9-11(4)7-2/h10-12H,1,6-9H2,2-5H3. The van der Waals surface area contributed by atoms with Gasteiger partial charge in [0.05, 0.1) is 0 Å². The van der Waals surface area contributed by atoms with Gasteiger partial charge in [0.25, 0.3) is 0 Å². The van der Waals surface area contributed by atoms with E-state index in [-0.39, 0.29) is 0 Å². The first kappa shape index (κ1) is 12.0. The Bertz CT molecular complexity index is 84.2. The molecule has 0 aliphatic rings. The lowest BCUT2D eigenvalue weighted by Crippen LogP contribution is -2.06. The number of hydrogen-bond donors (Lipinski definition) is 0. The molecule has 0 aliphatic heterocycles. The maximum atomic E-state index is 3.94. The van der Waals surface area contributed by atoms with Gasteiger partial charge in [0.2, 0.25) is 0 Å². The molecular formula is C12H25. The summed E-state index contributed by atoms with van der Waals surface area (Å²) in [6.45, 7) is 13.2. The van der Waals surface area contributed by atoms with E-state index in [1.807, 2.05) is 0 Å². The molecule has 0 aromatic carbocycles. The third-order valence-corrected chi connectivity index (χ3v) is 2.80. The lowest BCUT2D eigenvalue weighted by molar-refractivity contribution is 0.340. The molecule has 0 nitrogen and oxygen atoms in total. The maximum Gasteiger partial charge on any atom is -0.0438 e. The van der Waals surface area contributed by atoms with Gasteiger partial charge in [-0.3, -0.25) is 0 Å². The van der Waals surface area contributed by atoms with Gasteiger partial charge >= 0.3 is 0 Å². The van der Waals surface area contributed by atoms with Gasteiger partial charge < -0.3 is 0 Å². The van der Waals surface area contributed by atoms with E-state index in [2.05, 4.69) is 34.6 Å². The summed E-state index contributed by atoms with van der Waals surface area (Å²) in [5.41, 5.74) is 0. The molecule has 0 aliphatic carbocycles. The summed E-state index contributed by atoms with van der Waals surface area (Å²) in [5, 5.41) is 0. The second-order valence-electron chi connectivity index (χ2n) is 4.48. The Kier molecular flexibility index (Phi) is 6.51. The average Bonchev–Trinajstić information content (AvgIpc) is 2.03. The predicted octanol–water partition coefficient (Wildman–Crippen LogP) is 4.31. The molecule has 0 N–H and O–H groups in total. The molecule has 12 heavy (non-hydrogen) atoms. The molecule has 73 valence electrons. The zero-order valence-electron chi connectivity index (χ0n) is 9.27. The van der Waals surface area contributed by atoms with Crippen molar-refractivity contribution in [3.63, 3.8) is 0 Å². The van der Waals surface area contributed by atoms with Gasteiger partial charge in [-0.1, -0.05) is 47.5 Å². The van der Waals surface area contributed by atoms with E-state index in [1.54, 1.807) is 0 Å². The van der Waals surface area contributed by atoms with E-state index < -0.39 is 0 Å². The molecule has 0 aromatic rings. The highest BCUT2D eigenvalue weighted by molar-refractivity contribution is 4.63. The molecule has 0 amide bonds. The van der Waals surface area contributed by atoms with E-state index in [0.717, 1.165) is 24.2 Å². The van der Waals surface area contributed by atoms with Crippen molar-refractivity contribution >= 4 is 0 Å². The highest BCUT2D eigenvalue weighted by Gasteiger charge is 2.09. The molecule has 0 spiro atoms. The Morgan fingerprint density at radius 3 is 1.83 bits per heavy atom. The van der Waals surface area contributed by atoms with Crippen LogP contribution in [0.2, 0.25) is 0 Å². The van der Waals surface area contributed by atoms with Gasteiger partial charge in [0, 0.05) is 0 Å². The molecule has 3 atom stereocenters. The van der Waals surface area contributed by atoms with Gasteiger partial charge in [0.1, 0.15) is 0 Å². The first-order valence-corrected chi connectivity index (χ1v) is 5.39. The molecule has 0 saturated heterocycles. The third-order valence-electron chi connectivity index (χ3n) is 2.80. The summed E-state index contributed by atoms with van der Waals surface area (Å²) in [7, 11) is 0. The van der Waals surface area contributed by atoms with E-state index in [0.29, 0.717) is 0 Å². The first-order chi connectivity index (χ1) is 5.60. The molecular weight excluding hydrogens is 144 g/mol. The van der Waals surface area contributed by atoms with Crippen LogP contribution in [0, 0.1) is 24.7 Å². The molecule has 0 bridgehead atoms. The van der Waals surface area contributed by atoms with Crippen LogP contribution in [0.4, 0.5) is 0 Å². The lowest BCUT2D eigenvalue weighted by Gasteiger charge is -2.18. The van der Waals surface area contributed by atoms with E-state index >= 15 is 0 Å². The minimum absolute atomic E-state index is 0.809. The molecule has 0 saturated carbocycles. The van der Waals surface area contributed by atoms with Crippen molar-refractivity contribution in [1.29, 1.82) is 0 Å². The van der Waals surface area contributed by atoms with Crippen molar-refractivity contribution in [3.8, 4) is 0 Å². The Balaban J connectivity index is 3.51. The normalized spacial score (nSPS) is 18.8. The molecule has 0 heterocycles. The van der Waals surface area contributed by atoms with Gasteiger partial charge in [-0.05, 0) is 30.6 Å². The Labute approximate surface area is 78.8 Å². The first-order valence-electron chi connectivity index (χ1n) is 5.39. The molecule has 0 heteroatoms. The third kappa shape index (κ3) is 5.62. The monoisotopic (exact) mass is 169 g/mol. The summed E-state index contributed by atoms with van der Waals surface area (Å²) < 4.78 is 0. The molecule has 0 aromatic heterocycles. The Morgan fingerprint density at radius 1 is 0.917 bits per heavy atom.